The Morgan fingerprint density at radius 3 is 3.08 bits per heavy atom. The highest BCUT2D eigenvalue weighted by atomic mass is 16.1. The first kappa shape index (κ1) is 9.73. The van der Waals surface area contributed by atoms with Gasteiger partial charge in [-0.15, -0.1) is 0 Å². The van der Waals surface area contributed by atoms with Crippen molar-refractivity contribution in [3.05, 3.63) is 18.0 Å². The first-order valence-electron chi connectivity index (χ1n) is 4.17. The van der Waals surface area contributed by atoms with Crippen molar-refractivity contribution in [1.29, 1.82) is 0 Å². The van der Waals surface area contributed by atoms with Crippen LogP contribution in [-0.4, -0.2) is 28.8 Å². The van der Waals surface area contributed by atoms with Crippen molar-refractivity contribution in [2.24, 2.45) is 12.8 Å². The van der Waals surface area contributed by atoms with Crippen LogP contribution in [-0.2, 0) is 18.3 Å². The van der Waals surface area contributed by atoms with Crippen LogP contribution in [0.5, 0.6) is 0 Å². The standard InChI is InChI=1S/C8H14N4O/c1-12-7(3-5-11-12)2-4-10-8(13)6-9/h3,5H,2,4,6,9H2,1H3,(H,10,13). The van der Waals surface area contributed by atoms with Crippen LogP contribution in [0.25, 0.3) is 0 Å². The van der Waals surface area contributed by atoms with Crippen LogP contribution in [0.3, 0.4) is 0 Å². The Bertz CT molecular complexity index is 281. The van der Waals surface area contributed by atoms with Crippen LogP contribution in [0.15, 0.2) is 12.3 Å². The second kappa shape index (κ2) is 4.61. The molecule has 0 fully saturated rings. The molecular formula is C8H14N4O. The predicted octanol–water partition coefficient (Wildman–Crippen LogP) is -0.962. The van der Waals surface area contributed by atoms with Gasteiger partial charge in [0.15, 0.2) is 0 Å². The molecule has 1 heterocycles. The van der Waals surface area contributed by atoms with Crippen LogP contribution in [0.2, 0.25) is 0 Å². The lowest BCUT2D eigenvalue weighted by Gasteiger charge is -2.03. The van der Waals surface area contributed by atoms with E-state index in [0.717, 1.165) is 12.1 Å². The number of hydrogen-bond donors (Lipinski definition) is 2. The van der Waals surface area contributed by atoms with E-state index in [1.165, 1.54) is 0 Å². The fourth-order valence-electron chi connectivity index (χ4n) is 1.05. The first-order valence-corrected chi connectivity index (χ1v) is 4.17. The van der Waals surface area contributed by atoms with Gasteiger partial charge in [0.05, 0.1) is 6.54 Å². The summed E-state index contributed by atoms with van der Waals surface area (Å²) in [5, 5.41) is 6.71. The SMILES string of the molecule is Cn1nccc1CCNC(=O)CN. The molecule has 0 aromatic carbocycles. The number of rotatable bonds is 4. The van der Waals surface area contributed by atoms with Gasteiger partial charge in [0.1, 0.15) is 0 Å². The summed E-state index contributed by atoms with van der Waals surface area (Å²) in [6.07, 6.45) is 2.52. The van der Waals surface area contributed by atoms with Gasteiger partial charge >= 0.3 is 0 Å². The number of nitrogens with two attached hydrogens (primary N) is 1. The highest BCUT2D eigenvalue weighted by Crippen LogP contribution is 1.95. The highest BCUT2D eigenvalue weighted by Gasteiger charge is 1.99. The third-order valence-corrected chi connectivity index (χ3v) is 1.81. The average Bonchev–Trinajstić information content (AvgIpc) is 2.52. The quantitative estimate of drug-likeness (QED) is 0.629. The van der Waals surface area contributed by atoms with Crippen molar-refractivity contribution in [2.75, 3.05) is 13.1 Å². The van der Waals surface area contributed by atoms with Gasteiger partial charge in [-0.05, 0) is 6.07 Å². The zero-order valence-electron chi connectivity index (χ0n) is 7.66. The Labute approximate surface area is 76.9 Å². The van der Waals surface area contributed by atoms with E-state index in [2.05, 4.69) is 10.4 Å². The second-order valence-corrected chi connectivity index (χ2v) is 2.75. The number of aryl methyl sites for hydroxylation is 1. The number of nitrogens with one attached hydrogen (secondary N) is 1. The summed E-state index contributed by atoms with van der Waals surface area (Å²) in [4.78, 5) is 10.8. The molecule has 0 aliphatic carbocycles. The Morgan fingerprint density at radius 2 is 2.54 bits per heavy atom. The first-order chi connectivity index (χ1) is 6.24. The van der Waals surface area contributed by atoms with Crippen LogP contribution in [0.1, 0.15) is 5.69 Å². The number of nitrogens with zero attached hydrogens (tertiary/aromatic N) is 2. The van der Waals surface area contributed by atoms with Crippen molar-refractivity contribution >= 4 is 5.91 Å². The molecule has 0 saturated carbocycles. The van der Waals surface area contributed by atoms with E-state index in [4.69, 9.17) is 5.73 Å². The summed E-state index contributed by atoms with van der Waals surface area (Å²) in [7, 11) is 1.88. The highest BCUT2D eigenvalue weighted by molar-refractivity contribution is 5.77. The molecule has 0 spiro atoms. The van der Waals surface area contributed by atoms with Gasteiger partial charge in [0, 0.05) is 31.9 Å². The summed E-state index contributed by atoms with van der Waals surface area (Å²) < 4.78 is 1.79. The van der Waals surface area contributed by atoms with Gasteiger partial charge in [0.25, 0.3) is 0 Å². The van der Waals surface area contributed by atoms with E-state index < -0.39 is 0 Å². The molecule has 13 heavy (non-hydrogen) atoms. The lowest BCUT2D eigenvalue weighted by atomic mass is 10.3. The van der Waals surface area contributed by atoms with Crippen molar-refractivity contribution < 1.29 is 4.79 Å². The minimum Gasteiger partial charge on any atom is -0.355 e. The van der Waals surface area contributed by atoms with E-state index >= 15 is 0 Å². The van der Waals surface area contributed by atoms with Gasteiger partial charge in [-0.2, -0.15) is 5.10 Å². The van der Waals surface area contributed by atoms with Crippen molar-refractivity contribution in [1.82, 2.24) is 15.1 Å². The van der Waals surface area contributed by atoms with Gasteiger partial charge in [-0.3, -0.25) is 9.48 Å². The molecule has 0 radical (unpaired) electrons. The minimum absolute atomic E-state index is 0.0470. The summed E-state index contributed by atoms with van der Waals surface area (Å²) >= 11 is 0. The number of carbonyl (C=O) groups excluding carboxylic acids is 1. The lowest BCUT2D eigenvalue weighted by molar-refractivity contribution is -0.119. The Hall–Kier alpha value is -1.36. The molecule has 5 nitrogen and oxygen atoms in total. The van der Waals surface area contributed by atoms with E-state index in [-0.39, 0.29) is 12.5 Å². The van der Waals surface area contributed by atoms with Crippen LogP contribution < -0.4 is 11.1 Å². The summed E-state index contributed by atoms with van der Waals surface area (Å²) in [6.45, 7) is 0.654. The summed E-state index contributed by atoms with van der Waals surface area (Å²) in [5.41, 5.74) is 6.23. The maximum Gasteiger partial charge on any atom is 0.233 e. The lowest BCUT2D eigenvalue weighted by Crippen LogP contribution is -2.32. The van der Waals surface area contributed by atoms with Crippen molar-refractivity contribution in [3.8, 4) is 0 Å². The van der Waals surface area contributed by atoms with Crippen LogP contribution in [0.4, 0.5) is 0 Å². The molecule has 1 aromatic rings. The number of carbonyl (C=O) groups is 1. The molecule has 3 N–H and O–H groups in total. The molecule has 0 aliphatic heterocycles. The molecule has 0 saturated heterocycles. The molecule has 0 aliphatic rings. The van der Waals surface area contributed by atoms with E-state index in [1.54, 1.807) is 10.9 Å². The Balaban J connectivity index is 2.28. The second-order valence-electron chi connectivity index (χ2n) is 2.75. The monoisotopic (exact) mass is 182 g/mol. The smallest absolute Gasteiger partial charge is 0.233 e. The third kappa shape index (κ3) is 2.87. The number of aromatic nitrogens is 2. The summed E-state index contributed by atoms with van der Waals surface area (Å²) in [5.74, 6) is -0.123. The maximum atomic E-state index is 10.8. The Kier molecular flexibility index (Phi) is 3.45. The number of amides is 1. The maximum absolute atomic E-state index is 10.8. The average molecular weight is 182 g/mol. The van der Waals surface area contributed by atoms with Crippen LogP contribution in [0, 0.1) is 0 Å². The van der Waals surface area contributed by atoms with Crippen LogP contribution >= 0.6 is 0 Å². The van der Waals surface area contributed by atoms with E-state index in [9.17, 15) is 4.79 Å². The molecule has 1 amide bonds. The van der Waals surface area contributed by atoms with Gasteiger partial charge in [-0.25, -0.2) is 0 Å². The Morgan fingerprint density at radius 1 is 1.77 bits per heavy atom. The van der Waals surface area contributed by atoms with E-state index in [1.807, 2.05) is 13.1 Å². The molecule has 0 atom stereocenters. The molecular weight excluding hydrogens is 168 g/mol. The molecule has 5 heteroatoms. The zero-order chi connectivity index (χ0) is 9.68. The fourth-order valence-corrected chi connectivity index (χ4v) is 1.05. The molecule has 1 rings (SSSR count). The van der Waals surface area contributed by atoms with Gasteiger partial charge in [0.2, 0.25) is 5.91 Å². The molecule has 0 bridgehead atoms. The van der Waals surface area contributed by atoms with Gasteiger partial charge < -0.3 is 11.1 Å². The van der Waals surface area contributed by atoms with Crippen molar-refractivity contribution in [2.45, 2.75) is 6.42 Å². The molecule has 1 aromatic heterocycles. The predicted molar refractivity (Wildman–Crippen MR) is 49.0 cm³/mol. The molecule has 72 valence electrons. The third-order valence-electron chi connectivity index (χ3n) is 1.81. The topological polar surface area (TPSA) is 72.9 Å². The van der Waals surface area contributed by atoms with E-state index in [0.29, 0.717) is 6.54 Å². The largest absolute Gasteiger partial charge is 0.355 e. The fraction of sp³-hybridized carbons (Fsp3) is 0.500. The summed E-state index contributed by atoms with van der Waals surface area (Å²) in [6, 6.07) is 1.93. The normalized spacial score (nSPS) is 10.0. The van der Waals surface area contributed by atoms with Crippen molar-refractivity contribution in [3.63, 3.8) is 0 Å². The molecule has 0 unspecified atom stereocenters. The minimum atomic E-state index is -0.123. The van der Waals surface area contributed by atoms with Gasteiger partial charge in [-0.1, -0.05) is 0 Å². The zero-order valence-corrected chi connectivity index (χ0v) is 7.66. The number of hydrogen-bond acceptors (Lipinski definition) is 3.